The van der Waals surface area contributed by atoms with Crippen LogP contribution >= 0.6 is 0 Å². The topological polar surface area (TPSA) is 78.1 Å². The minimum absolute atomic E-state index is 0.0240. The summed E-state index contributed by atoms with van der Waals surface area (Å²) in [4.78, 5) is 32.6. The van der Waals surface area contributed by atoms with Gasteiger partial charge in [-0.3, -0.25) is 9.59 Å². The summed E-state index contributed by atoms with van der Waals surface area (Å²) >= 11 is 0. The van der Waals surface area contributed by atoms with Crippen molar-refractivity contribution in [1.82, 2.24) is 20.2 Å². The van der Waals surface area contributed by atoms with E-state index in [1.54, 1.807) is 17.4 Å². The van der Waals surface area contributed by atoms with Crippen LogP contribution in [0, 0.1) is 11.8 Å². The summed E-state index contributed by atoms with van der Waals surface area (Å²) < 4.78 is 0. The highest BCUT2D eigenvalue weighted by Crippen LogP contribution is 2.19. The van der Waals surface area contributed by atoms with E-state index >= 15 is 0 Å². The van der Waals surface area contributed by atoms with E-state index in [4.69, 9.17) is 0 Å². The van der Waals surface area contributed by atoms with Crippen LogP contribution in [0.15, 0.2) is 12.5 Å². The fourth-order valence-electron chi connectivity index (χ4n) is 2.45. The van der Waals surface area contributed by atoms with Crippen molar-refractivity contribution in [2.45, 2.75) is 26.7 Å². The van der Waals surface area contributed by atoms with Crippen molar-refractivity contribution in [2.75, 3.05) is 19.6 Å². The number of likely N-dealkylation sites (tertiary alicyclic amines) is 1. The molecule has 1 saturated heterocycles. The van der Waals surface area contributed by atoms with E-state index in [1.165, 1.54) is 0 Å². The Morgan fingerprint density at radius 2 is 2.40 bits per heavy atom. The van der Waals surface area contributed by atoms with Crippen LogP contribution in [0.1, 0.15) is 26.0 Å². The molecule has 20 heavy (non-hydrogen) atoms. The zero-order chi connectivity index (χ0) is 14.5. The fraction of sp³-hybridized carbons (Fsp3) is 0.643. The monoisotopic (exact) mass is 278 g/mol. The number of carbonyl (C=O) groups is 2. The third-order valence-corrected chi connectivity index (χ3v) is 3.42. The van der Waals surface area contributed by atoms with Crippen LogP contribution in [-0.4, -0.2) is 46.3 Å². The summed E-state index contributed by atoms with van der Waals surface area (Å²) in [6.07, 6.45) is 4.43. The lowest BCUT2D eigenvalue weighted by molar-refractivity contribution is -0.129. The van der Waals surface area contributed by atoms with Crippen molar-refractivity contribution in [2.24, 2.45) is 11.8 Å². The number of nitrogens with one attached hydrogen (secondary N) is 2. The number of hydrogen-bond donors (Lipinski definition) is 2. The molecule has 2 N–H and O–H groups in total. The molecule has 1 aliphatic heterocycles. The Morgan fingerprint density at radius 1 is 1.60 bits per heavy atom. The average molecular weight is 278 g/mol. The van der Waals surface area contributed by atoms with Gasteiger partial charge in [-0.05, 0) is 5.92 Å². The Morgan fingerprint density at radius 3 is 3.05 bits per heavy atom. The molecule has 2 heterocycles. The lowest BCUT2D eigenvalue weighted by atomic mass is 10.1. The van der Waals surface area contributed by atoms with Crippen LogP contribution in [0.5, 0.6) is 0 Å². The predicted molar refractivity (Wildman–Crippen MR) is 74.8 cm³/mol. The molecule has 2 amide bonds. The minimum atomic E-state index is -0.206. The molecule has 6 nitrogen and oxygen atoms in total. The first-order chi connectivity index (χ1) is 9.56. The second-order valence-corrected chi connectivity index (χ2v) is 5.71. The van der Waals surface area contributed by atoms with Gasteiger partial charge in [0, 0.05) is 44.4 Å². The summed E-state index contributed by atoms with van der Waals surface area (Å²) in [7, 11) is 0. The molecule has 0 aromatic carbocycles. The second kappa shape index (κ2) is 6.54. The number of imidazole rings is 1. The van der Waals surface area contributed by atoms with Crippen LogP contribution in [-0.2, 0) is 16.0 Å². The third-order valence-electron chi connectivity index (χ3n) is 3.42. The van der Waals surface area contributed by atoms with Crippen LogP contribution in [0.2, 0.25) is 0 Å². The Bertz CT molecular complexity index is 456. The number of rotatable bonds is 6. The van der Waals surface area contributed by atoms with Crippen molar-refractivity contribution in [3.63, 3.8) is 0 Å². The van der Waals surface area contributed by atoms with Crippen LogP contribution in [0.4, 0.5) is 0 Å². The van der Waals surface area contributed by atoms with Gasteiger partial charge in [0.25, 0.3) is 0 Å². The summed E-state index contributed by atoms with van der Waals surface area (Å²) in [5.74, 6) is 0.292. The highest BCUT2D eigenvalue weighted by atomic mass is 16.2. The summed E-state index contributed by atoms with van der Waals surface area (Å²) in [6.45, 7) is 6.00. The molecule has 1 fully saturated rings. The van der Waals surface area contributed by atoms with Gasteiger partial charge >= 0.3 is 0 Å². The molecule has 1 aliphatic rings. The minimum Gasteiger partial charge on any atom is -0.355 e. The molecule has 2 rings (SSSR count). The number of carbonyl (C=O) groups excluding carboxylic acids is 2. The van der Waals surface area contributed by atoms with Gasteiger partial charge in [0.15, 0.2) is 0 Å². The van der Waals surface area contributed by atoms with Crippen LogP contribution < -0.4 is 5.32 Å². The molecular formula is C14H22N4O2. The standard InChI is InChI=1S/C14H22N4O2/c1-10(2)7-18-8-11(5-13(18)19)14(20)16-4-3-12-6-15-9-17-12/h6,9-11H,3-5,7-8H2,1-2H3,(H,15,17)(H,16,20)/t11-/m0/s1. The summed E-state index contributed by atoms with van der Waals surface area (Å²) in [6, 6.07) is 0. The first-order valence-corrected chi connectivity index (χ1v) is 7.09. The zero-order valence-corrected chi connectivity index (χ0v) is 12.1. The van der Waals surface area contributed by atoms with Crippen molar-refractivity contribution in [3.05, 3.63) is 18.2 Å². The highest BCUT2D eigenvalue weighted by Gasteiger charge is 2.34. The molecule has 1 aromatic heterocycles. The number of hydrogen-bond acceptors (Lipinski definition) is 3. The van der Waals surface area contributed by atoms with Gasteiger partial charge in [0.05, 0.1) is 12.2 Å². The highest BCUT2D eigenvalue weighted by molar-refractivity contribution is 5.89. The van der Waals surface area contributed by atoms with Crippen molar-refractivity contribution >= 4 is 11.8 Å². The van der Waals surface area contributed by atoms with Gasteiger partial charge in [0.2, 0.25) is 11.8 Å². The largest absolute Gasteiger partial charge is 0.355 e. The Labute approximate surface area is 119 Å². The van der Waals surface area contributed by atoms with E-state index in [0.29, 0.717) is 25.4 Å². The Kier molecular flexibility index (Phi) is 4.76. The van der Waals surface area contributed by atoms with Gasteiger partial charge in [-0.2, -0.15) is 0 Å². The molecular weight excluding hydrogens is 256 g/mol. The first kappa shape index (κ1) is 14.6. The van der Waals surface area contributed by atoms with E-state index < -0.39 is 0 Å². The molecule has 0 unspecified atom stereocenters. The molecule has 0 saturated carbocycles. The predicted octanol–water partition coefficient (Wildman–Crippen LogP) is 0.573. The van der Waals surface area contributed by atoms with Crippen molar-refractivity contribution < 1.29 is 9.59 Å². The molecule has 6 heteroatoms. The first-order valence-electron chi connectivity index (χ1n) is 7.09. The summed E-state index contributed by atoms with van der Waals surface area (Å²) in [5.41, 5.74) is 0.995. The maximum atomic E-state index is 12.0. The van der Waals surface area contributed by atoms with E-state index in [1.807, 2.05) is 0 Å². The van der Waals surface area contributed by atoms with Gasteiger partial charge in [0.1, 0.15) is 0 Å². The third kappa shape index (κ3) is 3.82. The smallest absolute Gasteiger partial charge is 0.225 e. The molecule has 0 spiro atoms. The van der Waals surface area contributed by atoms with Gasteiger partial charge < -0.3 is 15.2 Å². The maximum absolute atomic E-state index is 12.0. The second-order valence-electron chi connectivity index (χ2n) is 5.71. The van der Waals surface area contributed by atoms with Crippen molar-refractivity contribution in [3.8, 4) is 0 Å². The molecule has 1 atom stereocenters. The lowest BCUT2D eigenvalue weighted by Gasteiger charge is -2.18. The van der Waals surface area contributed by atoms with E-state index in [0.717, 1.165) is 18.7 Å². The Hall–Kier alpha value is -1.85. The van der Waals surface area contributed by atoms with Gasteiger partial charge in [-0.15, -0.1) is 0 Å². The molecule has 0 radical (unpaired) electrons. The zero-order valence-electron chi connectivity index (χ0n) is 12.1. The Balaban J connectivity index is 1.74. The van der Waals surface area contributed by atoms with Crippen molar-refractivity contribution in [1.29, 1.82) is 0 Å². The number of H-pyrrole nitrogens is 1. The number of aromatic amines is 1. The quantitative estimate of drug-likeness (QED) is 0.798. The fourth-order valence-corrected chi connectivity index (χ4v) is 2.45. The number of amides is 2. The SMILES string of the molecule is CC(C)CN1C[C@@H](C(=O)NCCc2cnc[nH]2)CC1=O. The molecule has 0 bridgehead atoms. The van der Waals surface area contributed by atoms with E-state index in [2.05, 4.69) is 29.1 Å². The number of nitrogens with zero attached hydrogens (tertiary/aromatic N) is 2. The van der Waals surface area contributed by atoms with Crippen LogP contribution in [0.3, 0.4) is 0 Å². The maximum Gasteiger partial charge on any atom is 0.225 e. The van der Waals surface area contributed by atoms with E-state index in [-0.39, 0.29) is 17.7 Å². The molecule has 0 aliphatic carbocycles. The average Bonchev–Trinajstić information content (AvgIpc) is 3.00. The van der Waals surface area contributed by atoms with E-state index in [9.17, 15) is 9.59 Å². The normalized spacial score (nSPS) is 18.9. The lowest BCUT2D eigenvalue weighted by Crippen LogP contribution is -2.35. The van der Waals surface area contributed by atoms with Gasteiger partial charge in [-0.25, -0.2) is 4.98 Å². The molecule has 110 valence electrons. The summed E-state index contributed by atoms with van der Waals surface area (Å²) in [5, 5.41) is 2.89. The molecule has 1 aromatic rings. The number of aromatic nitrogens is 2. The van der Waals surface area contributed by atoms with Crippen LogP contribution in [0.25, 0.3) is 0 Å². The van der Waals surface area contributed by atoms with Gasteiger partial charge in [-0.1, -0.05) is 13.8 Å².